The van der Waals surface area contributed by atoms with E-state index in [4.69, 9.17) is 9.47 Å². The molecule has 1 rings (SSSR count). The Kier molecular flexibility index (Phi) is 10.2. The van der Waals surface area contributed by atoms with E-state index in [-0.39, 0.29) is 25.7 Å². The van der Waals surface area contributed by atoms with Gasteiger partial charge in [0.1, 0.15) is 25.2 Å². The summed E-state index contributed by atoms with van der Waals surface area (Å²) in [6.45, 7) is 6.65. The fraction of sp³-hybridized carbons (Fsp3) is 0.500. The van der Waals surface area contributed by atoms with Crippen LogP contribution in [0.2, 0.25) is 0 Å². The van der Waals surface area contributed by atoms with Crippen molar-refractivity contribution in [3.63, 3.8) is 0 Å². The second kappa shape index (κ2) is 12.4. The van der Waals surface area contributed by atoms with Crippen LogP contribution in [0.15, 0.2) is 30.3 Å². The van der Waals surface area contributed by atoms with Gasteiger partial charge in [-0.2, -0.15) is 0 Å². The number of nitrogens with one attached hydrogen (secondary N) is 3. The largest absolute Gasteiger partial charge is 0.465 e. The molecule has 0 aliphatic heterocycles. The standard InChI is InChI=1S/C20H29N3O6/c1-5-28-16(24)11-21-18(25)14(4)22-19(26)17(13(2)3)23-20(27)29-12-15-9-7-6-8-10-15/h6-10,13-14,17H,5,11-12H2,1-4H3,(H,21,25)(H,22,26)(H,23,27)/t14-,17-/m1/s1. The molecule has 0 saturated carbocycles. The van der Waals surface area contributed by atoms with Crippen LogP contribution >= 0.6 is 0 Å². The van der Waals surface area contributed by atoms with Crippen LogP contribution in [0, 0.1) is 5.92 Å². The summed E-state index contributed by atoms with van der Waals surface area (Å²) in [4.78, 5) is 47.9. The lowest BCUT2D eigenvalue weighted by Gasteiger charge is -2.23. The van der Waals surface area contributed by atoms with Gasteiger partial charge in [-0.25, -0.2) is 4.79 Å². The maximum atomic E-state index is 12.5. The Morgan fingerprint density at radius 2 is 1.59 bits per heavy atom. The van der Waals surface area contributed by atoms with Gasteiger partial charge in [0, 0.05) is 0 Å². The lowest BCUT2D eigenvalue weighted by Crippen LogP contribution is -2.54. The Balaban J connectivity index is 2.52. The molecule has 0 fully saturated rings. The summed E-state index contributed by atoms with van der Waals surface area (Å²) in [7, 11) is 0. The summed E-state index contributed by atoms with van der Waals surface area (Å²) in [5, 5.41) is 7.42. The van der Waals surface area contributed by atoms with E-state index < -0.39 is 36.0 Å². The number of rotatable bonds is 10. The molecule has 29 heavy (non-hydrogen) atoms. The molecule has 0 bridgehead atoms. The van der Waals surface area contributed by atoms with Gasteiger partial charge >= 0.3 is 12.1 Å². The minimum atomic E-state index is -0.902. The number of hydrogen-bond donors (Lipinski definition) is 3. The second-order valence-electron chi connectivity index (χ2n) is 6.68. The monoisotopic (exact) mass is 407 g/mol. The van der Waals surface area contributed by atoms with Crippen LogP contribution < -0.4 is 16.0 Å². The van der Waals surface area contributed by atoms with Gasteiger partial charge < -0.3 is 25.4 Å². The molecule has 9 heteroatoms. The molecule has 9 nitrogen and oxygen atoms in total. The molecule has 0 spiro atoms. The van der Waals surface area contributed by atoms with Crippen molar-refractivity contribution in [3.05, 3.63) is 35.9 Å². The van der Waals surface area contributed by atoms with Crippen LogP contribution in [0.4, 0.5) is 4.79 Å². The lowest BCUT2D eigenvalue weighted by atomic mass is 10.0. The second-order valence-corrected chi connectivity index (χ2v) is 6.68. The maximum Gasteiger partial charge on any atom is 0.408 e. The zero-order valence-corrected chi connectivity index (χ0v) is 17.2. The summed E-state index contributed by atoms with van der Waals surface area (Å²) in [5.74, 6) is -1.88. The van der Waals surface area contributed by atoms with Crippen LogP contribution in [0.3, 0.4) is 0 Å². The summed E-state index contributed by atoms with van der Waals surface area (Å²) >= 11 is 0. The highest BCUT2D eigenvalue weighted by atomic mass is 16.5. The molecule has 0 unspecified atom stereocenters. The van der Waals surface area contributed by atoms with E-state index in [0.717, 1.165) is 5.56 Å². The van der Waals surface area contributed by atoms with E-state index in [1.54, 1.807) is 20.8 Å². The first-order chi connectivity index (χ1) is 13.7. The number of ether oxygens (including phenoxy) is 2. The van der Waals surface area contributed by atoms with Crippen molar-refractivity contribution in [1.29, 1.82) is 0 Å². The Morgan fingerprint density at radius 1 is 0.931 bits per heavy atom. The molecule has 0 radical (unpaired) electrons. The molecule has 160 valence electrons. The highest BCUT2D eigenvalue weighted by Gasteiger charge is 2.27. The van der Waals surface area contributed by atoms with Crippen molar-refractivity contribution in [1.82, 2.24) is 16.0 Å². The first-order valence-corrected chi connectivity index (χ1v) is 9.45. The molecule has 3 N–H and O–H groups in total. The Bertz CT molecular complexity index is 693. The Labute approximate surface area is 170 Å². The number of carbonyl (C=O) groups excluding carboxylic acids is 4. The zero-order chi connectivity index (χ0) is 21.8. The molecule has 0 aromatic heterocycles. The number of amides is 3. The molecule has 0 heterocycles. The van der Waals surface area contributed by atoms with Crippen molar-refractivity contribution in [2.45, 2.75) is 46.4 Å². The van der Waals surface area contributed by atoms with Crippen molar-refractivity contribution in [2.24, 2.45) is 5.92 Å². The van der Waals surface area contributed by atoms with E-state index in [1.807, 2.05) is 30.3 Å². The van der Waals surface area contributed by atoms with Gasteiger partial charge in [0.15, 0.2) is 0 Å². The number of carbonyl (C=O) groups is 4. The fourth-order valence-electron chi connectivity index (χ4n) is 2.32. The molecule has 0 saturated heterocycles. The number of alkyl carbamates (subject to hydrolysis) is 1. The van der Waals surface area contributed by atoms with Gasteiger partial charge in [0.05, 0.1) is 6.61 Å². The zero-order valence-electron chi connectivity index (χ0n) is 17.2. The molecular formula is C20H29N3O6. The quantitative estimate of drug-likeness (QED) is 0.500. The third-order valence-corrected chi connectivity index (χ3v) is 3.90. The van der Waals surface area contributed by atoms with Crippen LogP contribution in [-0.2, 0) is 30.5 Å². The van der Waals surface area contributed by atoms with Crippen LogP contribution in [0.1, 0.15) is 33.3 Å². The summed E-state index contributed by atoms with van der Waals surface area (Å²) < 4.78 is 9.86. The molecule has 0 aliphatic rings. The number of esters is 1. The molecule has 2 atom stereocenters. The van der Waals surface area contributed by atoms with E-state index in [0.29, 0.717) is 0 Å². The number of benzene rings is 1. The third-order valence-electron chi connectivity index (χ3n) is 3.90. The fourth-order valence-corrected chi connectivity index (χ4v) is 2.32. The molecule has 3 amide bonds. The Morgan fingerprint density at radius 3 is 2.17 bits per heavy atom. The Hall–Kier alpha value is -3.10. The van der Waals surface area contributed by atoms with Crippen LogP contribution in [-0.4, -0.2) is 49.1 Å². The predicted octanol–water partition coefficient (Wildman–Crippen LogP) is 1.12. The highest BCUT2D eigenvalue weighted by Crippen LogP contribution is 2.05. The molecule has 1 aromatic rings. The van der Waals surface area contributed by atoms with E-state index in [9.17, 15) is 19.2 Å². The first kappa shape index (κ1) is 23.9. The van der Waals surface area contributed by atoms with Crippen molar-refractivity contribution in [3.8, 4) is 0 Å². The summed E-state index contributed by atoms with van der Waals surface area (Å²) in [6, 6.07) is 7.35. The summed E-state index contributed by atoms with van der Waals surface area (Å²) in [6.07, 6.45) is -0.734. The van der Waals surface area contributed by atoms with E-state index in [2.05, 4.69) is 16.0 Å². The third kappa shape index (κ3) is 9.09. The number of hydrogen-bond acceptors (Lipinski definition) is 6. The van der Waals surface area contributed by atoms with Gasteiger partial charge in [0.25, 0.3) is 0 Å². The van der Waals surface area contributed by atoms with Crippen molar-refractivity contribution < 1.29 is 28.7 Å². The molecule has 0 aliphatic carbocycles. The van der Waals surface area contributed by atoms with Crippen molar-refractivity contribution >= 4 is 23.9 Å². The van der Waals surface area contributed by atoms with Gasteiger partial charge in [-0.15, -0.1) is 0 Å². The van der Waals surface area contributed by atoms with Gasteiger partial charge in [-0.3, -0.25) is 14.4 Å². The molecular weight excluding hydrogens is 378 g/mol. The first-order valence-electron chi connectivity index (χ1n) is 9.45. The minimum absolute atomic E-state index is 0.0752. The SMILES string of the molecule is CCOC(=O)CNC(=O)[C@@H](C)NC(=O)[C@H](NC(=O)OCc1ccccc1)C(C)C. The van der Waals surface area contributed by atoms with Crippen molar-refractivity contribution in [2.75, 3.05) is 13.2 Å². The van der Waals surface area contributed by atoms with Gasteiger partial charge in [-0.1, -0.05) is 44.2 Å². The van der Waals surface area contributed by atoms with Crippen LogP contribution in [0.5, 0.6) is 0 Å². The minimum Gasteiger partial charge on any atom is -0.465 e. The lowest BCUT2D eigenvalue weighted by molar-refractivity contribution is -0.143. The predicted molar refractivity (Wildman–Crippen MR) is 106 cm³/mol. The van der Waals surface area contributed by atoms with E-state index >= 15 is 0 Å². The van der Waals surface area contributed by atoms with Crippen LogP contribution in [0.25, 0.3) is 0 Å². The smallest absolute Gasteiger partial charge is 0.408 e. The normalized spacial score (nSPS) is 12.4. The highest BCUT2D eigenvalue weighted by molar-refractivity contribution is 5.92. The summed E-state index contributed by atoms with van der Waals surface area (Å²) in [5.41, 5.74) is 0.820. The van der Waals surface area contributed by atoms with E-state index in [1.165, 1.54) is 6.92 Å². The van der Waals surface area contributed by atoms with Gasteiger partial charge in [0.2, 0.25) is 11.8 Å². The van der Waals surface area contributed by atoms with Gasteiger partial charge in [-0.05, 0) is 25.3 Å². The average Bonchev–Trinajstić information content (AvgIpc) is 2.69. The molecule has 1 aromatic carbocycles. The maximum absolute atomic E-state index is 12.5. The average molecular weight is 407 g/mol. The topological polar surface area (TPSA) is 123 Å².